The van der Waals surface area contributed by atoms with E-state index in [9.17, 15) is 4.79 Å². The lowest BCUT2D eigenvalue weighted by Crippen LogP contribution is -2.00. The Morgan fingerprint density at radius 1 is 1.26 bits per heavy atom. The topological polar surface area (TPSA) is 93.8 Å². The number of rotatable bonds is 4. The Kier molecular flexibility index (Phi) is 5.64. The minimum absolute atomic E-state index is 0.391. The lowest BCUT2D eigenvalue weighted by molar-refractivity contribution is -0.108. The van der Waals surface area contributed by atoms with Crippen LogP contribution >= 0.6 is 0 Å². The van der Waals surface area contributed by atoms with E-state index in [4.69, 9.17) is 5.73 Å². The molecule has 1 saturated carbocycles. The zero-order valence-electron chi connectivity index (χ0n) is 15.9. The van der Waals surface area contributed by atoms with Crippen LogP contribution in [0.25, 0.3) is 22.0 Å². The van der Waals surface area contributed by atoms with E-state index in [2.05, 4.69) is 34.1 Å². The number of anilines is 2. The first-order chi connectivity index (χ1) is 13.0. The van der Waals surface area contributed by atoms with Crippen molar-refractivity contribution in [3.8, 4) is 11.3 Å². The number of carbonyl (C=O) groups is 1. The van der Waals surface area contributed by atoms with Gasteiger partial charge in [-0.2, -0.15) is 0 Å². The van der Waals surface area contributed by atoms with Gasteiger partial charge in [0.15, 0.2) is 0 Å². The van der Waals surface area contributed by atoms with Gasteiger partial charge in [-0.15, -0.1) is 0 Å². The van der Waals surface area contributed by atoms with Crippen LogP contribution in [-0.2, 0) is 4.79 Å². The van der Waals surface area contributed by atoms with E-state index < -0.39 is 0 Å². The first-order valence-electron chi connectivity index (χ1n) is 9.17. The number of fused-ring (bicyclic) bond motifs is 1. The average molecular weight is 363 g/mol. The number of carbonyl (C=O) groups excluding carboxylic acids is 1. The van der Waals surface area contributed by atoms with Crippen molar-refractivity contribution in [2.75, 3.05) is 18.1 Å². The van der Waals surface area contributed by atoms with Crippen LogP contribution in [0.4, 0.5) is 11.6 Å². The van der Waals surface area contributed by atoms with Crippen LogP contribution in [0.5, 0.6) is 0 Å². The first kappa shape index (κ1) is 18.8. The highest BCUT2D eigenvalue weighted by Crippen LogP contribution is 2.31. The number of aromatic nitrogens is 3. The fourth-order valence-corrected chi connectivity index (χ4v) is 2.80. The van der Waals surface area contributed by atoms with Crippen molar-refractivity contribution in [3.63, 3.8) is 0 Å². The molecule has 3 N–H and O–H groups in total. The third-order valence-electron chi connectivity index (χ3n) is 4.57. The lowest BCUT2D eigenvalue weighted by Gasteiger charge is -2.13. The molecule has 0 radical (unpaired) electrons. The number of nitrogens with zero attached hydrogens (tertiary/aromatic N) is 3. The van der Waals surface area contributed by atoms with Crippen LogP contribution in [-0.4, -0.2) is 28.3 Å². The van der Waals surface area contributed by atoms with E-state index in [-0.39, 0.29) is 0 Å². The van der Waals surface area contributed by atoms with Gasteiger partial charge in [-0.05, 0) is 47.9 Å². The Morgan fingerprint density at radius 2 is 2.04 bits per heavy atom. The summed E-state index contributed by atoms with van der Waals surface area (Å²) in [5.74, 6) is 2.14. The SMILES string of the molecule is CNc1cc2cc(-c3cnccc3C(C)C)nc(N)c2cn1.O=CC1CC1. The van der Waals surface area contributed by atoms with Crippen molar-refractivity contribution in [3.05, 3.63) is 42.4 Å². The van der Waals surface area contributed by atoms with Crippen LogP contribution in [0.2, 0.25) is 0 Å². The van der Waals surface area contributed by atoms with Gasteiger partial charge >= 0.3 is 0 Å². The van der Waals surface area contributed by atoms with Gasteiger partial charge in [0.1, 0.15) is 17.9 Å². The van der Waals surface area contributed by atoms with Gasteiger partial charge < -0.3 is 15.8 Å². The zero-order valence-corrected chi connectivity index (χ0v) is 15.9. The molecule has 0 unspecified atom stereocenters. The minimum atomic E-state index is 0.391. The molecule has 3 aromatic heterocycles. The Morgan fingerprint density at radius 3 is 2.63 bits per heavy atom. The van der Waals surface area contributed by atoms with E-state index >= 15 is 0 Å². The predicted molar refractivity (Wildman–Crippen MR) is 110 cm³/mol. The summed E-state index contributed by atoms with van der Waals surface area (Å²) in [5.41, 5.74) is 9.20. The second kappa shape index (κ2) is 8.12. The van der Waals surface area contributed by atoms with E-state index in [1.54, 1.807) is 6.20 Å². The molecule has 0 bridgehead atoms. The molecule has 0 amide bonds. The molecule has 3 heterocycles. The van der Waals surface area contributed by atoms with E-state index in [0.717, 1.165) is 47.0 Å². The minimum Gasteiger partial charge on any atom is -0.383 e. The highest BCUT2D eigenvalue weighted by molar-refractivity contribution is 5.94. The van der Waals surface area contributed by atoms with Gasteiger partial charge in [-0.3, -0.25) is 4.98 Å². The van der Waals surface area contributed by atoms with Crippen LogP contribution < -0.4 is 11.1 Å². The van der Waals surface area contributed by atoms with Gasteiger partial charge in [-0.25, -0.2) is 9.97 Å². The van der Waals surface area contributed by atoms with Crippen molar-refractivity contribution in [2.45, 2.75) is 32.6 Å². The van der Waals surface area contributed by atoms with Gasteiger partial charge in [-0.1, -0.05) is 13.8 Å². The fourth-order valence-electron chi connectivity index (χ4n) is 2.80. The maximum absolute atomic E-state index is 9.57. The lowest BCUT2D eigenvalue weighted by atomic mass is 9.96. The average Bonchev–Trinajstić information content (AvgIpc) is 3.52. The van der Waals surface area contributed by atoms with E-state index in [1.807, 2.05) is 37.6 Å². The molecule has 6 nitrogen and oxygen atoms in total. The first-order valence-corrected chi connectivity index (χ1v) is 9.17. The quantitative estimate of drug-likeness (QED) is 0.680. The molecule has 0 aromatic carbocycles. The molecule has 1 aliphatic rings. The summed E-state index contributed by atoms with van der Waals surface area (Å²) in [4.78, 5) is 22.6. The summed E-state index contributed by atoms with van der Waals surface area (Å²) < 4.78 is 0. The summed E-state index contributed by atoms with van der Waals surface area (Å²) in [6, 6.07) is 6.05. The maximum atomic E-state index is 9.57. The smallest absolute Gasteiger partial charge is 0.133 e. The van der Waals surface area contributed by atoms with Crippen molar-refractivity contribution in [1.82, 2.24) is 15.0 Å². The number of hydrogen-bond acceptors (Lipinski definition) is 6. The molecule has 0 atom stereocenters. The standard InChI is InChI=1S/C17H19N5.C4H6O/c1-10(2)12-4-5-20-8-14(12)15-6-11-7-16(19-3)21-9-13(11)17(18)22-15;5-3-4-1-2-4/h4-10H,1-3H3,(H2,18,22)(H,19,21);3-4H,1-2H2. The normalized spacial score (nSPS) is 13.2. The number of nitrogen functional groups attached to an aromatic ring is 1. The van der Waals surface area contributed by atoms with Crippen molar-refractivity contribution < 1.29 is 4.79 Å². The molecule has 3 aromatic rings. The van der Waals surface area contributed by atoms with E-state index in [1.165, 1.54) is 5.56 Å². The molecule has 1 fully saturated rings. The van der Waals surface area contributed by atoms with Crippen LogP contribution in [0, 0.1) is 5.92 Å². The third-order valence-corrected chi connectivity index (χ3v) is 4.57. The Balaban J connectivity index is 0.000000364. The number of hydrogen-bond donors (Lipinski definition) is 2. The van der Waals surface area contributed by atoms with Crippen LogP contribution in [0.15, 0.2) is 36.8 Å². The summed E-state index contributed by atoms with van der Waals surface area (Å²) in [5, 5.41) is 4.92. The predicted octanol–water partition coefficient (Wildman–Crippen LogP) is 4.03. The Labute approximate surface area is 159 Å². The number of pyridine rings is 3. The number of aldehydes is 1. The molecule has 0 saturated heterocycles. The van der Waals surface area contributed by atoms with Gasteiger partial charge in [0.05, 0.1) is 5.69 Å². The zero-order chi connectivity index (χ0) is 19.4. The van der Waals surface area contributed by atoms with Gasteiger partial charge in [0.25, 0.3) is 0 Å². The second-order valence-corrected chi connectivity index (χ2v) is 7.02. The number of nitrogens with one attached hydrogen (secondary N) is 1. The molecule has 1 aliphatic carbocycles. The van der Waals surface area contributed by atoms with Gasteiger partial charge in [0.2, 0.25) is 0 Å². The summed E-state index contributed by atoms with van der Waals surface area (Å²) in [6.07, 6.45) is 8.72. The summed E-state index contributed by atoms with van der Waals surface area (Å²) >= 11 is 0. The Hall–Kier alpha value is -3.02. The monoisotopic (exact) mass is 363 g/mol. The molecule has 4 rings (SSSR count). The second-order valence-electron chi connectivity index (χ2n) is 7.02. The molecule has 0 spiro atoms. The highest BCUT2D eigenvalue weighted by atomic mass is 16.1. The van der Waals surface area contributed by atoms with Gasteiger partial charge in [0, 0.05) is 42.5 Å². The fraction of sp³-hybridized carbons (Fsp3) is 0.333. The van der Waals surface area contributed by atoms with E-state index in [0.29, 0.717) is 17.7 Å². The molecule has 140 valence electrons. The summed E-state index contributed by atoms with van der Waals surface area (Å²) in [7, 11) is 1.84. The molecule has 6 heteroatoms. The third kappa shape index (κ3) is 4.39. The molecular formula is C21H25N5O. The largest absolute Gasteiger partial charge is 0.383 e. The van der Waals surface area contributed by atoms with Crippen molar-refractivity contribution in [1.29, 1.82) is 0 Å². The molecular weight excluding hydrogens is 338 g/mol. The number of nitrogens with two attached hydrogens (primary N) is 1. The Bertz CT molecular complexity index is 950. The van der Waals surface area contributed by atoms with Crippen LogP contribution in [0.1, 0.15) is 38.2 Å². The highest BCUT2D eigenvalue weighted by Gasteiger charge is 2.19. The van der Waals surface area contributed by atoms with Crippen LogP contribution in [0.3, 0.4) is 0 Å². The van der Waals surface area contributed by atoms with Crippen molar-refractivity contribution >= 4 is 28.7 Å². The maximum Gasteiger partial charge on any atom is 0.133 e. The molecule has 27 heavy (non-hydrogen) atoms. The summed E-state index contributed by atoms with van der Waals surface area (Å²) in [6.45, 7) is 4.32. The van der Waals surface area contributed by atoms with Crippen molar-refractivity contribution in [2.24, 2.45) is 5.92 Å². The molecule has 0 aliphatic heterocycles.